The standard InChI is InChI=1S/C59H50N6/c1-41-42(2)54(38-35-51(41)59-61-57(43-21-9-3-10-22-43)60-58(62-59)44-23-11-4-12-24-44)65-55-36-33-49(63(45-25-13-5-14-26-45)46-27-15-6-16-28-46)39-52(55)53-40-50(34-37-56(53)65)64(47-29-17-7-18-30-47)48-31-19-8-20-32-48/h3-40,57-62H,1-2H3. The predicted molar refractivity (Wildman–Crippen MR) is 270 cm³/mol. The third-order valence-electron chi connectivity index (χ3n) is 12.9. The van der Waals surface area contributed by atoms with Crippen LogP contribution in [0, 0.1) is 13.8 Å². The highest BCUT2D eigenvalue weighted by Gasteiger charge is 2.31. The molecule has 0 saturated carbocycles. The summed E-state index contributed by atoms with van der Waals surface area (Å²) in [7, 11) is 0. The normalized spacial score (nSPS) is 16.1. The van der Waals surface area contributed by atoms with E-state index in [9.17, 15) is 0 Å². The fraction of sp³-hybridized carbons (Fsp3) is 0.0847. The first-order chi connectivity index (χ1) is 32.1. The molecule has 65 heavy (non-hydrogen) atoms. The summed E-state index contributed by atoms with van der Waals surface area (Å²) in [5.41, 5.74) is 16.2. The quantitative estimate of drug-likeness (QED) is 0.128. The highest BCUT2D eigenvalue weighted by Crippen LogP contribution is 2.43. The van der Waals surface area contributed by atoms with Crippen LogP contribution in [0.1, 0.15) is 46.3 Å². The maximum atomic E-state index is 3.92. The van der Waals surface area contributed by atoms with Gasteiger partial charge in [-0.1, -0.05) is 140 Å². The number of nitrogens with zero attached hydrogens (tertiary/aromatic N) is 3. The number of anilines is 6. The van der Waals surface area contributed by atoms with Crippen LogP contribution in [0.25, 0.3) is 27.5 Å². The molecule has 1 aliphatic heterocycles. The van der Waals surface area contributed by atoms with Crippen LogP contribution in [0.15, 0.2) is 231 Å². The van der Waals surface area contributed by atoms with Crippen molar-refractivity contribution in [1.82, 2.24) is 20.5 Å². The molecule has 2 heterocycles. The SMILES string of the molecule is Cc1c(C2NC(c3ccccc3)NC(c3ccccc3)N2)ccc(-n2c3ccc(N(c4ccccc4)c4ccccc4)cc3c3cc(N(c4ccccc4)c4ccccc4)ccc32)c1C. The molecule has 6 nitrogen and oxygen atoms in total. The van der Waals surface area contributed by atoms with Gasteiger partial charge in [0.15, 0.2) is 0 Å². The molecule has 0 spiro atoms. The maximum Gasteiger partial charge on any atom is 0.0867 e. The summed E-state index contributed by atoms with van der Waals surface area (Å²) in [4.78, 5) is 4.70. The van der Waals surface area contributed by atoms with E-state index in [-0.39, 0.29) is 18.5 Å². The van der Waals surface area contributed by atoms with Crippen molar-refractivity contribution in [3.8, 4) is 5.69 Å². The largest absolute Gasteiger partial charge is 0.310 e. The lowest BCUT2D eigenvalue weighted by Gasteiger charge is -2.40. The number of fused-ring (bicyclic) bond motifs is 3. The Morgan fingerprint density at radius 3 is 1.08 bits per heavy atom. The van der Waals surface area contributed by atoms with Crippen molar-refractivity contribution in [2.24, 2.45) is 0 Å². The van der Waals surface area contributed by atoms with Gasteiger partial charge in [-0.3, -0.25) is 16.0 Å². The molecular weight excluding hydrogens is 793 g/mol. The van der Waals surface area contributed by atoms with Gasteiger partial charge in [0.25, 0.3) is 0 Å². The zero-order chi connectivity index (χ0) is 43.7. The molecule has 3 N–H and O–H groups in total. The number of hydrogen-bond donors (Lipinski definition) is 3. The molecule has 1 aromatic heterocycles. The van der Waals surface area contributed by atoms with Gasteiger partial charge in [0.1, 0.15) is 0 Å². The molecule has 316 valence electrons. The van der Waals surface area contributed by atoms with Gasteiger partial charge in [-0.25, -0.2) is 0 Å². The Bertz CT molecular complexity index is 2940. The summed E-state index contributed by atoms with van der Waals surface area (Å²) in [6, 6.07) is 82.5. The van der Waals surface area contributed by atoms with Crippen molar-refractivity contribution in [3.63, 3.8) is 0 Å². The summed E-state index contributed by atoms with van der Waals surface area (Å²) in [6.07, 6.45) is -0.206. The molecule has 2 unspecified atom stereocenters. The molecule has 2 atom stereocenters. The third kappa shape index (κ3) is 7.64. The van der Waals surface area contributed by atoms with Gasteiger partial charge in [-0.15, -0.1) is 0 Å². The second-order valence-corrected chi connectivity index (χ2v) is 16.8. The smallest absolute Gasteiger partial charge is 0.0867 e. The zero-order valence-electron chi connectivity index (χ0n) is 36.5. The highest BCUT2D eigenvalue weighted by atomic mass is 15.4. The first-order valence-corrected chi connectivity index (χ1v) is 22.5. The average Bonchev–Trinajstić information content (AvgIpc) is 3.69. The molecule has 0 amide bonds. The Labute approximate surface area is 381 Å². The Kier molecular flexibility index (Phi) is 10.7. The van der Waals surface area contributed by atoms with Crippen LogP contribution in [0.5, 0.6) is 0 Å². The fourth-order valence-corrected chi connectivity index (χ4v) is 9.62. The first-order valence-electron chi connectivity index (χ1n) is 22.5. The number of benzene rings is 9. The van der Waals surface area contributed by atoms with Crippen LogP contribution in [0.3, 0.4) is 0 Å². The van der Waals surface area contributed by atoms with E-state index in [2.05, 4.69) is 275 Å². The van der Waals surface area contributed by atoms with E-state index in [1.165, 1.54) is 38.6 Å². The van der Waals surface area contributed by atoms with Crippen molar-refractivity contribution >= 4 is 55.9 Å². The van der Waals surface area contributed by atoms with E-state index in [4.69, 9.17) is 0 Å². The minimum Gasteiger partial charge on any atom is -0.310 e. The van der Waals surface area contributed by atoms with Crippen LogP contribution < -0.4 is 25.8 Å². The lowest BCUT2D eigenvalue weighted by Crippen LogP contribution is -2.54. The number of rotatable bonds is 10. The number of para-hydroxylation sites is 4. The molecule has 1 aliphatic rings. The second kappa shape index (κ2) is 17.4. The summed E-state index contributed by atoms with van der Waals surface area (Å²) >= 11 is 0. The van der Waals surface area contributed by atoms with Gasteiger partial charge in [-0.05, 0) is 133 Å². The van der Waals surface area contributed by atoms with E-state index < -0.39 is 0 Å². The number of nitrogens with one attached hydrogen (secondary N) is 3. The molecule has 9 aromatic carbocycles. The lowest BCUT2D eigenvalue weighted by atomic mass is 9.97. The summed E-state index contributed by atoms with van der Waals surface area (Å²) in [5.74, 6) is 0. The van der Waals surface area contributed by atoms with Crippen molar-refractivity contribution < 1.29 is 0 Å². The minimum atomic E-state index is -0.105. The molecular formula is C59H50N6. The molecule has 0 radical (unpaired) electrons. The van der Waals surface area contributed by atoms with E-state index >= 15 is 0 Å². The van der Waals surface area contributed by atoms with Crippen LogP contribution in [0.2, 0.25) is 0 Å². The van der Waals surface area contributed by atoms with Gasteiger partial charge in [0, 0.05) is 50.6 Å². The van der Waals surface area contributed by atoms with Crippen LogP contribution in [-0.4, -0.2) is 4.57 Å². The van der Waals surface area contributed by atoms with Gasteiger partial charge < -0.3 is 14.4 Å². The molecule has 1 fully saturated rings. The minimum absolute atomic E-state index is 0.0505. The summed E-state index contributed by atoms with van der Waals surface area (Å²) < 4.78 is 2.47. The maximum absolute atomic E-state index is 3.92. The van der Waals surface area contributed by atoms with Crippen molar-refractivity contribution in [1.29, 1.82) is 0 Å². The fourth-order valence-electron chi connectivity index (χ4n) is 9.62. The molecule has 10 aromatic rings. The summed E-state index contributed by atoms with van der Waals surface area (Å²) in [5, 5.41) is 14.0. The second-order valence-electron chi connectivity index (χ2n) is 16.8. The lowest BCUT2D eigenvalue weighted by molar-refractivity contribution is 0.203. The third-order valence-corrected chi connectivity index (χ3v) is 12.9. The Morgan fingerprint density at radius 1 is 0.338 bits per heavy atom. The molecule has 0 aliphatic carbocycles. The van der Waals surface area contributed by atoms with Crippen molar-refractivity contribution in [3.05, 3.63) is 258 Å². The monoisotopic (exact) mass is 842 g/mol. The number of hydrogen-bond acceptors (Lipinski definition) is 5. The Hall–Kier alpha value is -7.74. The Morgan fingerprint density at radius 2 is 0.692 bits per heavy atom. The first kappa shape index (κ1) is 40.1. The topological polar surface area (TPSA) is 47.5 Å². The molecule has 1 saturated heterocycles. The molecule has 0 bridgehead atoms. The van der Waals surface area contributed by atoms with Crippen LogP contribution >= 0.6 is 0 Å². The van der Waals surface area contributed by atoms with E-state index in [1.54, 1.807) is 0 Å². The van der Waals surface area contributed by atoms with Crippen molar-refractivity contribution in [2.75, 3.05) is 9.80 Å². The van der Waals surface area contributed by atoms with Crippen molar-refractivity contribution in [2.45, 2.75) is 32.3 Å². The highest BCUT2D eigenvalue weighted by molar-refractivity contribution is 6.12. The van der Waals surface area contributed by atoms with Gasteiger partial charge in [0.05, 0.1) is 29.5 Å². The Balaban J connectivity index is 1.08. The van der Waals surface area contributed by atoms with E-state index in [0.717, 1.165) is 50.8 Å². The molecule has 6 heteroatoms. The van der Waals surface area contributed by atoms with E-state index in [1.807, 2.05) is 0 Å². The predicted octanol–water partition coefficient (Wildman–Crippen LogP) is 14.5. The van der Waals surface area contributed by atoms with E-state index in [0.29, 0.717) is 0 Å². The van der Waals surface area contributed by atoms with Gasteiger partial charge in [-0.2, -0.15) is 0 Å². The van der Waals surface area contributed by atoms with Crippen LogP contribution in [0.4, 0.5) is 34.1 Å². The molecule has 11 rings (SSSR count). The number of aromatic nitrogens is 1. The summed E-state index contributed by atoms with van der Waals surface area (Å²) in [6.45, 7) is 4.55. The van der Waals surface area contributed by atoms with Gasteiger partial charge in [0.2, 0.25) is 0 Å². The van der Waals surface area contributed by atoms with Gasteiger partial charge >= 0.3 is 0 Å². The zero-order valence-corrected chi connectivity index (χ0v) is 36.5. The average molecular weight is 843 g/mol. The van der Waals surface area contributed by atoms with Crippen LogP contribution in [-0.2, 0) is 0 Å².